The van der Waals surface area contributed by atoms with Gasteiger partial charge in [0.05, 0.1) is 41.0 Å². The fraction of sp³-hybridized carbons (Fsp3) is 0.674. The Hall–Kier alpha value is -5.20. The molecule has 0 bridgehead atoms. The van der Waals surface area contributed by atoms with Crippen LogP contribution < -0.4 is 21.3 Å². The second-order valence-corrected chi connectivity index (χ2v) is 18.0. The summed E-state index contributed by atoms with van der Waals surface area (Å²) < 4.78 is 11.1. The van der Waals surface area contributed by atoms with E-state index in [1.165, 1.54) is 0 Å². The fourth-order valence-corrected chi connectivity index (χ4v) is 7.20. The first-order chi connectivity index (χ1) is 27.2. The number of aliphatic carboxylic acids is 1. The van der Waals surface area contributed by atoms with Crippen LogP contribution in [0.4, 0.5) is 9.59 Å². The molecule has 59 heavy (non-hydrogen) atoms. The zero-order valence-electron chi connectivity index (χ0n) is 36.8. The summed E-state index contributed by atoms with van der Waals surface area (Å²) in [4.78, 5) is 90.3. The number of hydrogen-bond donors (Lipinski definition) is 5. The van der Waals surface area contributed by atoms with E-state index in [9.17, 15) is 38.7 Å². The van der Waals surface area contributed by atoms with Gasteiger partial charge in [-0.2, -0.15) is 5.26 Å². The van der Waals surface area contributed by atoms with Crippen molar-refractivity contribution >= 4 is 41.8 Å². The molecule has 1 aliphatic heterocycles. The zero-order valence-corrected chi connectivity index (χ0v) is 36.8. The average Bonchev–Trinajstić information content (AvgIpc) is 3.35. The van der Waals surface area contributed by atoms with E-state index in [1.807, 2.05) is 45.0 Å². The molecular formula is C43H66N6O10. The Morgan fingerprint density at radius 1 is 0.864 bits per heavy atom. The van der Waals surface area contributed by atoms with E-state index in [4.69, 9.17) is 14.7 Å². The average molecular weight is 827 g/mol. The summed E-state index contributed by atoms with van der Waals surface area (Å²) in [5.41, 5.74) is -4.42. The van der Waals surface area contributed by atoms with Crippen molar-refractivity contribution in [1.82, 2.24) is 26.2 Å². The van der Waals surface area contributed by atoms with Crippen molar-refractivity contribution in [3.63, 3.8) is 0 Å². The van der Waals surface area contributed by atoms with Crippen molar-refractivity contribution in [3.05, 3.63) is 35.4 Å². The molecule has 0 aliphatic carbocycles. The molecule has 1 aromatic carbocycles. The molecule has 0 radical (unpaired) electrons. The second kappa shape index (κ2) is 20.2. The SMILES string of the molecule is CCOC(=O)C(C)(CCC(C)(CC)C(=O)O)CCC(C)(CC(C)(C)C(=O)OCCNC(=O)CC#N)c1cccc(C(C)(C)NC(=O)NCCN2C(=O)NC(C)(C)C2=O)c1. The third-order valence-electron chi connectivity index (χ3n) is 11.6. The van der Waals surface area contributed by atoms with E-state index in [0.717, 1.165) is 16.0 Å². The highest BCUT2D eigenvalue weighted by Crippen LogP contribution is 2.46. The van der Waals surface area contributed by atoms with E-state index in [2.05, 4.69) is 21.3 Å². The van der Waals surface area contributed by atoms with Gasteiger partial charge >= 0.3 is 30.0 Å². The molecule has 1 fully saturated rings. The summed E-state index contributed by atoms with van der Waals surface area (Å²) >= 11 is 0. The molecule has 3 unspecified atom stereocenters. The summed E-state index contributed by atoms with van der Waals surface area (Å²) in [6, 6.07) is 8.30. The molecular weight excluding hydrogens is 761 g/mol. The van der Waals surface area contributed by atoms with Crippen molar-refractivity contribution < 1.29 is 48.1 Å². The first-order valence-corrected chi connectivity index (χ1v) is 20.2. The van der Waals surface area contributed by atoms with Crippen molar-refractivity contribution in [2.75, 3.05) is 32.8 Å². The van der Waals surface area contributed by atoms with Gasteiger partial charge in [-0.1, -0.05) is 38.1 Å². The Morgan fingerprint density at radius 2 is 1.47 bits per heavy atom. The number of urea groups is 2. The maximum atomic E-state index is 13.6. The van der Waals surface area contributed by atoms with Crippen LogP contribution in [0, 0.1) is 27.6 Å². The van der Waals surface area contributed by atoms with Gasteiger partial charge in [0.15, 0.2) is 0 Å². The van der Waals surface area contributed by atoms with Gasteiger partial charge in [-0.05, 0) is 117 Å². The Morgan fingerprint density at radius 3 is 2.03 bits per heavy atom. The van der Waals surface area contributed by atoms with Crippen LogP contribution in [0.5, 0.6) is 0 Å². The third kappa shape index (κ3) is 13.4. The first kappa shape index (κ1) is 49.9. The lowest BCUT2D eigenvalue weighted by molar-refractivity contribution is -0.158. The lowest BCUT2D eigenvalue weighted by Gasteiger charge is -2.40. The molecule has 1 aliphatic rings. The normalized spacial score (nSPS) is 16.9. The number of carbonyl (C=O) groups excluding carboxylic acids is 6. The first-order valence-electron chi connectivity index (χ1n) is 20.2. The Balaban J connectivity index is 2.45. The van der Waals surface area contributed by atoms with Crippen molar-refractivity contribution in [3.8, 4) is 6.07 Å². The van der Waals surface area contributed by atoms with Gasteiger partial charge in [0.25, 0.3) is 5.91 Å². The molecule has 6 amide bonds. The van der Waals surface area contributed by atoms with Crippen LogP contribution in [-0.4, -0.2) is 90.2 Å². The predicted octanol–water partition coefficient (Wildman–Crippen LogP) is 5.43. The molecule has 2 rings (SSSR count). The smallest absolute Gasteiger partial charge is 0.325 e. The van der Waals surface area contributed by atoms with E-state index in [0.29, 0.717) is 19.3 Å². The largest absolute Gasteiger partial charge is 0.481 e. The minimum absolute atomic E-state index is 0.0114. The van der Waals surface area contributed by atoms with E-state index in [-0.39, 0.29) is 64.4 Å². The number of nitriles is 1. The van der Waals surface area contributed by atoms with Crippen LogP contribution >= 0.6 is 0 Å². The lowest BCUT2D eigenvalue weighted by Crippen LogP contribution is -2.48. The second-order valence-electron chi connectivity index (χ2n) is 18.0. The number of benzene rings is 1. The molecule has 16 heteroatoms. The van der Waals surface area contributed by atoms with Gasteiger partial charge in [0.1, 0.15) is 18.6 Å². The Bertz CT molecular complexity index is 1770. The summed E-state index contributed by atoms with van der Waals surface area (Å²) in [6.45, 7) is 19.4. The molecule has 0 saturated carbocycles. The molecule has 0 spiro atoms. The number of hydrogen-bond acceptors (Lipinski definition) is 10. The van der Waals surface area contributed by atoms with Crippen molar-refractivity contribution in [2.24, 2.45) is 16.2 Å². The minimum Gasteiger partial charge on any atom is -0.481 e. The van der Waals surface area contributed by atoms with Gasteiger partial charge in [-0.3, -0.25) is 28.9 Å². The van der Waals surface area contributed by atoms with Gasteiger partial charge < -0.3 is 35.8 Å². The number of nitrogens with one attached hydrogen (secondary N) is 4. The molecule has 3 atom stereocenters. The fourth-order valence-electron chi connectivity index (χ4n) is 7.20. The quantitative estimate of drug-likeness (QED) is 0.0530. The van der Waals surface area contributed by atoms with Gasteiger partial charge in [-0.15, -0.1) is 0 Å². The minimum atomic E-state index is -1.08. The molecule has 1 aromatic rings. The molecule has 5 N–H and O–H groups in total. The molecule has 328 valence electrons. The summed E-state index contributed by atoms with van der Waals surface area (Å²) in [5.74, 6) is -2.76. The summed E-state index contributed by atoms with van der Waals surface area (Å²) in [5, 5.41) is 29.6. The molecule has 0 aromatic heterocycles. The van der Waals surface area contributed by atoms with E-state index < -0.39 is 68.6 Å². The third-order valence-corrected chi connectivity index (χ3v) is 11.6. The van der Waals surface area contributed by atoms with Gasteiger partial charge in [0.2, 0.25) is 5.91 Å². The van der Waals surface area contributed by atoms with Crippen LogP contribution in [0.3, 0.4) is 0 Å². The van der Waals surface area contributed by atoms with Gasteiger partial charge in [-0.25, -0.2) is 9.59 Å². The summed E-state index contributed by atoms with van der Waals surface area (Å²) in [7, 11) is 0. The highest BCUT2D eigenvalue weighted by molar-refractivity contribution is 6.06. The van der Waals surface area contributed by atoms with E-state index in [1.54, 1.807) is 61.5 Å². The monoisotopic (exact) mass is 826 g/mol. The van der Waals surface area contributed by atoms with Crippen LogP contribution in [0.1, 0.15) is 132 Å². The number of esters is 2. The summed E-state index contributed by atoms with van der Waals surface area (Å²) in [6.07, 6.45) is 1.47. The molecule has 1 saturated heterocycles. The topological polar surface area (TPSA) is 233 Å². The van der Waals surface area contributed by atoms with Crippen LogP contribution in [0.2, 0.25) is 0 Å². The molecule has 1 heterocycles. The number of amides is 6. The van der Waals surface area contributed by atoms with E-state index >= 15 is 0 Å². The van der Waals surface area contributed by atoms with Crippen LogP contribution in [0.15, 0.2) is 24.3 Å². The number of carbonyl (C=O) groups is 7. The zero-order chi connectivity index (χ0) is 45.0. The predicted molar refractivity (Wildman–Crippen MR) is 220 cm³/mol. The Kier molecular flexibility index (Phi) is 17.1. The number of ether oxygens (including phenoxy) is 2. The van der Waals surface area contributed by atoms with Crippen LogP contribution in [0.25, 0.3) is 0 Å². The van der Waals surface area contributed by atoms with Crippen molar-refractivity contribution in [2.45, 2.75) is 138 Å². The number of carboxylic acids is 1. The van der Waals surface area contributed by atoms with Crippen LogP contribution in [-0.2, 0) is 44.4 Å². The maximum Gasteiger partial charge on any atom is 0.325 e. The lowest BCUT2D eigenvalue weighted by atomic mass is 9.64. The maximum absolute atomic E-state index is 13.6. The number of rotatable bonds is 23. The Labute approximate surface area is 348 Å². The molecule has 16 nitrogen and oxygen atoms in total. The number of carboxylic acid groups (broad SMARTS) is 1. The number of nitrogens with zero attached hydrogens (tertiary/aromatic N) is 2. The standard InChI is InChI=1S/C43H66N6O10/c1-12-41(9,33(52)53)18-19-42(10,35(55)58-13-2)20-21-43(11,28-38(3,4)34(54)59-26-24-45-31(50)17-22-44)30-16-14-15-29(27-30)39(5,6)47-36(56)46-23-25-49-32(51)40(7,8)48-37(49)57/h14-16,27H,12-13,17-21,23-26,28H2,1-11H3,(H,45,50)(H,48,57)(H,52,53)(H2,46,47,56). The highest BCUT2D eigenvalue weighted by Gasteiger charge is 2.46. The van der Waals surface area contributed by atoms with Gasteiger partial charge in [0, 0.05) is 13.1 Å². The number of imide groups is 1. The van der Waals surface area contributed by atoms with Crippen molar-refractivity contribution in [1.29, 1.82) is 5.26 Å². The highest BCUT2D eigenvalue weighted by atomic mass is 16.5.